The zero-order valence-electron chi connectivity index (χ0n) is 14.7. The minimum Gasteiger partial charge on any atom is -0.338 e. The zero-order chi connectivity index (χ0) is 18.1. The van der Waals surface area contributed by atoms with E-state index in [2.05, 4.69) is 17.1 Å². The highest BCUT2D eigenvalue weighted by molar-refractivity contribution is 5.95. The molecule has 0 aliphatic carbocycles. The molecule has 4 rings (SSSR count). The third-order valence-electron chi connectivity index (χ3n) is 4.93. The molecule has 0 fully saturated rings. The third-order valence-corrected chi connectivity index (χ3v) is 4.93. The first-order valence-corrected chi connectivity index (χ1v) is 8.76. The van der Waals surface area contributed by atoms with E-state index >= 15 is 0 Å². The number of hydrogen-bond acceptors (Lipinski definition) is 2. The van der Waals surface area contributed by atoms with Crippen molar-refractivity contribution in [2.75, 3.05) is 13.1 Å². The number of amides is 1. The molecular formula is C21H20FN3O. The van der Waals surface area contributed by atoms with Crippen LogP contribution in [0.2, 0.25) is 0 Å². The van der Waals surface area contributed by atoms with Crippen molar-refractivity contribution in [3.05, 3.63) is 77.4 Å². The van der Waals surface area contributed by atoms with E-state index in [0.29, 0.717) is 30.0 Å². The molecule has 3 aromatic rings. The molecule has 5 heteroatoms. The van der Waals surface area contributed by atoms with E-state index in [1.54, 1.807) is 18.5 Å². The van der Waals surface area contributed by atoms with E-state index in [-0.39, 0.29) is 5.91 Å². The molecule has 0 bridgehead atoms. The van der Waals surface area contributed by atoms with Crippen LogP contribution in [0.1, 0.15) is 21.5 Å². The number of rotatable bonds is 2. The second kappa shape index (κ2) is 6.75. The van der Waals surface area contributed by atoms with Crippen LogP contribution in [0.5, 0.6) is 0 Å². The monoisotopic (exact) mass is 349 g/mol. The quantitative estimate of drug-likeness (QED) is 0.711. The van der Waals surface area contributed by atoms with Crippen LogP contribution in [0.4, 0.5) is 4.39 Å². The molecule has 0 N–H and O–H groups in total. The molecule has 1 aromatic heterocycles. The number of benzene rings is 2. The van der Waals surface area contributed by atoms with Gasteiger partial charge in [-0.3, -0.25) is 4.79 Å². The van der Waals surface area contributed by atoms with Crippen LogP contribution in [0.3, 0.4) is 0 Å². The maximum atomic E-state index is 14.2. The van der Waals surface area contributed by atoms with E-state index < -0.39 is 5.82 Å². The summed E-state index contributed by atoms with van der Waals surface area (Å²) in [5, 5.41) is 0. The van der Waals surface area contributed by atoms with Crippen molar-refractivity contribution in [3.8, 4) is 11.4 Å². The van der Waals surface area contributed by atoms with Gasteiger partial charge in [-0.25, -0.2) is 9.37 Å². The highest BCUT2D eigenvalue weighted by Crippen LogP contribution is 2.22. The number of hydrogen-bond donors (Lipinski definition) is 0. The second-order valence-electron chi connectivity index (χ2n) is 6.65. The smallest absolute Gasteiger partial charge is 0.254 e. The predicted octanol–water partition coefficient (Wildman–Crippen LogP) is 3.47. The standard InChI is InChI=1S/C21H20FN3O/c1-24-11-8-23-20(24)17-12-18(14-19(22)13-17)21(26)25-9-6-15-4-2-3-5-16(15)7-10-25/h2-5,8,11-14H,6-7,9-10H2,1H3. The maximum Gasteiger partial charge on any atom is 0.254 e. The predicted molar refractivity (Wildman–Crippen MR) is 98.4 cm³/mol. The minimum absolute atomic E-state index is 0.132. The normalized spacial score (nSPS) is 14.0. The van der Waals surface area contributed by atoms with Crippen LogP contribution >= 0.6 is 0 Å². The van der Waals surface area contributed by atoms with Crippen LogP contribution in [0.15, 0.2) is 54.9 Å². The molecule has 1 aliphatic heterocycles. The Balaban J connectivity index is 1.61. The average molecular weight is 349 g/mol. The molecule has 2 heterocycles. The fraction of sp³-hybridized carbons (Fsp3) is 0.238. The molecule has 0 radical (unpaired) electrons. The summed E-state index contributed by atoms with van der Waals surface area (Å²) in [4.78, 5) is 19.1. The van der Waals surface area contributed by atoms with Gasteiger partial charge in [-0.2, -0.15) is 0 Å². The number of aryl methyl sites for hydroxylation is 1. The molecule has 2 aromatic carbocycles. The lowest BCUT2D eigenvalue weighted by Gasteiger charge is -2.20. The lowest BCUT2D eigenvalue weighted by molar-refractivity contribution is 0.0762. The fourth-order valence-corrected chi connectivity index (χ4v) is 3.54. The summed E-state index contributed by atoms with van der Waals surface area (Å²) in [6, 6.07) is 12.7. The first-order chi connectivity index (χ1) is 12.6. The number of aromatic nitrogens is 2. The summed E-state index contributed by atoms with van der Waals surface area (Å²) >= 11 is 0. The summed E-state index contributed by atoms with van der Waals surface area (Å²) in [5.41, 5.74) is 3.55. The van der Waals surface area contributed by atoms with E-state index in [1.807, 2.05) is 28.6 Å². The molecule has 4 nitrogen and oxygen atoms in total. The van der Waals surface area contributed by atoms with Gasteiger partial charge in [-0.15, -0.1) is 0 Å². The van der Waals surface area contributed by atoms with Crippen molar-refractivity contribution in [1.82, 2.24) is 14.5 Å². The molecule has 0 atom stereocenters. The highest BCUT2D eigenvalue weighted by atomic mass is 19.1. The molecule has 26 heavy (non-hydrogen) atoms. The molecule has 0 spiro atoms. The van der Waals surface area contributed by atoms with Gasteiger partial charge in [0.15, 0.2) is 0 Å². The van der Waals surface area contributed by atoms with Crippen LogP contribution < -0.4 is 0 Å². The van der Waals surface area contributed by atoms with Gasteiger partial charge in [0.25, 0.3) is 5.91 Å². The van der Waals surface area contributed by atoms with Crippen LogP contribution in [0.25, 0.3) is 11.4 Å². The van der Waals surface area contributed by atoms with Gasteiger partial charge < -0.3 is 9.47 Å². The second-order valence-corrected chi connectivity index (χ2v) is 6.65. The van der Waals surface area contributed by atoms with Gasteiger partial charge in [0, 0.05) is 43.7 Å². The summed E-state index contributed by atoms with van der Waals surface area (Å²) < 4.78 is 16.0. The van der Waals surface area contributed by atoms with Crippen molar-refractivity contribution in [2.24, 2.45) is 7.05 Å². The van der Waals surface area contributed by atoms with E-state index in [1.165, 1.54) is 23.3 Å². The minimum atomic E-state index is -0.424. The lowest BCUT2D eigenvalue weighted by Crippen LogP contribution is -2.33. The van der Waals surface area contributed by atoms with Crippen molar-refractivity contribution < 1.29 is 9.18 Å². The van der Waals surface area contributed by atoms with Crippen molar-refractivity contribution in [1.29, 1.82) is 0 Å². The highest BCUT2D eigenvalue weighted by Gasteiger charge is 2.21. The van der Waals surface area contributed by atoms with Crippen LogP contribution in [0, 0.1) is 5.82 Å². The number of halogens is 1. The van der Waals surface area contributed by atoms with E-state index in [9.17, 15) is 9.18 Å². The number of carbonyl (C=O) groups is 1. The van der Waals surface area contributed by atoms with Crippen LogP contribution in [-0.2, 0) is 19.9 Å². The van der Waals surface area contributed by atoms with Crippen molar-refractivity contribution in [3.63, 3.8) is 0 Å². The Kier molecular flexibility index (Phi) is 4.29. The third kappa shape index (κ3) is 3.12. The topological polar surface area (TPSA) is 38.1 Å². The van der Waals surface area contributed by atoms with Gasteiger partial charge in [0.2, 0.25) is 0 Å². The largest absolute Gasteiger partial charge is 0.338 e. The van der Waals surface area contributed by atoms with Gasteiger partial charge in [-0.05, 0) is 42.2 Å². The first-order valence-electron chi connectivity index (χ1n) is 8.76. The first kappa shape index (κ1) is 16.5. The Morgan fingerprint density at radius 1 is 1.08 bits per heavy atom. The van der Waals surface area contributed by atoms with E-state index in [0.717, 1.165) is 12.8 Å². The van der Waals surface area contributed by atoms with Crippen LogP contribution in [-0.4, -0.2) is 33.4 Å². The van der Waals surface area contributed by atoms with Gasteiger partial charge in [0.1, 0.15) is 11.6 Å². The summed E-state index contributed by atoms with van der Waals surface area (Å²) in [7, 11) is 1.85. The van der Waals surface area contributed by atoms with Crippen molar-refractivity contribution >= 4 is 5.91 Å². The van der Waals surface area contributed by atoms with Gasteiger partial charge >= 0.3 is 0 Å². The molecular weight excluding hydrogens is 329 g/mol. The number of carbonyl (C=O) groups excluding carboxylic acids is 1. The zero-order valence-corrected chi connectivity index (χ0v) is 14.7. The SMILES string of the molecule is Cn1ccnc1-c1cc(F)cc(C(=O)N2CCc3ccccc3CC2)c1. The van der Waals surface area contributed by atoms with Crippen molar-refractivity contribution in [2.45, 2.75) is 12.8 Å². The summed E-state index contributed by atoms with van der Waals surface area (Å²) in [6.45, 7) is 1.29. The fourth-order valence-electron chi connectivity index (χ4n) is 3.54. The Bertz CT molecular complexity index is 936. The molecule has 1 amide bonds. The summed E-state index contributed by atoms with van der Waals surface area (Å²) in [6.07, 6.45) is 5.11. The van der Waals surface area contributed by atoms with E-state index in [4.69, 9.17) is 0 Å². The Morgan fingerprint density at radius 2 is 1.77 bits per heavy atom. The molecule has 1 aliphatic rings. The Labute approximate surface area is 151 Å². The number of nitrogens with zero attached hydrogens (tertiary/aromatic N) is 3. The molecule has 0 saturated heterocycles. The molecule has 0 unspecified atom stereocenters. The molecule has 0 saturated carbocycles. The number of fused-ring (bicyclic) bond motifs is 1. The Morgan fingerprint density at radius 3 is 2.38 bits per heavy atom. The summed E-state index contributed by atoms with van der Waals surface area (Å²) in [5.74, 6) is 0.0848. The lowest BCUT2D eigenvalue weighted by atomic mass is 10.0. The average Bonchev–Trinajstić information content (AvgIpc) is 2.96. The molecule has 132 valence electrons. The Hall–Kier alpha value is -2.95. The number of imidazole rings is 1. The van der Waals surface area contributed by atoms with Gasteiger partial charge in [0.05, 0.1) is 0 Å². The maximum absolute atomic E-state index is 14.2. The van der Waals surface area contributed by atoms with Gasteiger partial charge in [-0.1, -0.05) is 24.3 Å².